The zero-order valence-electron chi connectivity index (χ0n) is 14.2. The first-order valence-electron chi connectivity index (χ1n) is 8.17. The van der Waals surface area contributed by atoms with Gasteiger partial charge in [-0.05, 0) is 18.9 Å². The molecule has 0 spiro atoms. The zero-order valence-corrected chi connectivity index (χ0v) is 15.9. The number of aliphatic hydroxyl groups is 1. The summed E-state index contributed by atoms with van der Waals surface area (Å²) in [5.74, 6) is 0.258. The van der Waals surface area contributed by atoms with E-state index in [2.05, 4.69) is 5.10 Å². The van der Waals surface area contributed by atoms with Crippen LogP contribution >= 0.6 is 11.3 Å². The first-order chi connectivity index (χ1) is 12.3. The molecule has 3 heterocycles. The lowest BCUT2D eigenvalue weighted by molar-refractivity contribution is -0.383. The molecule has 0 aromatic carbocycles. The van der Waals surface area contributed by atoms with Crippen molar-refractivity contribution >= 4 is 31.9 Å². The van der Waals surface area contributed by atoms with Crippen LogP contribution in [0.15, 0.2) is 22.5 Å². The molecule has 0 saturated carbocycles. The Morgan fingerprint density at radius 2 is 2.12 bits per heavy atom. The lowest BCUT2D eigenvalue weighted by atomic mass is 9.93. The molecule has 11 heteroatoms. The molecule has 1 saturated heterocycles. The number of piperidine rings is 1. The Bertz CT molecular complexity index is 897. The molecule has 2 aromatic heterocycles. The molecule has 0 unspecified atom stereocenters. The molecule has 2 aromatic rings. The van der Waals surface area contributed by atoms with E-state index >= 15 is 0 Å². The summed E-state index contributed by atoms with van der Waals surface area (Å²) < 4.78 is 25.3. The van der Waals surface area contributed by atoms with Crippen molar-refractivity contribution in [3.05, 3.63) is 34.1 Å². The third-order valence-corrected chi connectivity index (χ3v) is 7.48. The Kier molecular flexibility index (Phi) is 5.30. The Hall–Kier alpha value is -1.98. The zero-order chi connectivity index (χ0) is 18.9. The molecule has 1 N–H and O–H groups in total. The molecule has 1 aliphatic heterocycles. The van der Waals surface area contributed by atoms with Crippen molar-refractivity contribution in [1.29, 1.82) is 0 Å². The highest BCUT2D eigenvalue weighted by Crippen LogP contribution is 2.42. The molecule has 9 nitrogen and oxygen atoms in total. The maximum Gasteiger partial charge on any atom is 0.305 e. The molecule has 3 rings (SSSR count). The third-order valence-electron chi connectivity index (χ3n) is 4.49. The minimum Gasteiger partial charge on any atom is -0.394 e. The van der Waals surface area contributed by atoms with Crippen molar-refractivity contribution in [2.45, 2.75) is 29.5 Å². The number of rotatable bonds is 6. The fourth-order valence-electron chi connectivity index (χ4n) is 3.24. The Labute approximate surface area is 154 Å². The first kappa shape index (κ1) is 18.8. The number of nitro groups is 1. The summed E-state index contributed by atoms with van der Waals surface area (Å²) in [7, 11) is -3.48. The van der Waals surface area contributed by atoms with Gasteiger partial charge in [-0.25, -0.2) is 8.42 Å². The summed E-state index contributed by atoms with van der Waals surface area (Å²) in [6, 6.07) is 3.09. The summed E-state index contributed by atoms with van der Waals surface area (Å²) in [5.41, 5.74) is 0.899. The van der Waals surface area contributed by atoms with Crippen LogP contribution in [0.25, 0.3) is 0 Å². The fraction of sp³-hybridized carbons (Fsp3) is 0.533. The highest BCUT2D eigenvalue weighted by atomic mass is 32.2. The second kappa shape index (κ2) is 7.33. The first-order valence-corrected chi connectivity index (χ1v) is 10.9. The van der Waals surface area contributed by atoms with Gasteiger partial charge in [0.15, 0.2) is 14.8 Å². The third kappa shape index (κ3) is 3.74. The van der Waals surface area contributed by atoms with E-state index < -0.39 is 14.8 Å². The second-order valence-corrected chi connectivity index (χ2v) is 9.52. The molecule has 0 aliphatic carbocycles. The van der Waals surface area contributed by atoms with Gasteiger partial charge < -0.3 is 10.0 Å². The summed E-state index contributed by atoms with van der Waals surface area (Å²) in [4.78, 5) is 12.7. The molecule has 0 amide bonds. The van der Waals surface area contributed by atoms with Gasteiger partial charge in [0, 0.05) is 43.2 Å². The van der Waals surface area contributed by atoms with E-state index in [1.54, 1.807) is 10.9 Å². The van der Waals surface area contributed by atoms with Crippen LogP contribution < -0.4 is 4.90 Å². The molecule has 26 heavy (non-hydrogen) atoms. The summed E-state index contributed by atoms with van der Waals surface area (Å²) >= 11 is 0.957. The monoisotopic (exact) mass is 400 g/mol. The summed E-state index contributed by atoms with van der Waals surface area (Å²) in [6.07, 6.45) is 4.32. The van der Waals surface area contributed by atoms with Gasteiger partial charge in [-0.3, -0.25) is 14.8 Å². The van der Waals surface area contributed by atoms with E-state index in [-0.39, 0.29) is 22.4 Å². The van der Waals surface area contributed by atoms with E-state index in [0.29, 0.717) is 24.6 Å². The van der Waals surface area contributed by atoms with Crippen LogP contribution in [0.4, 0.5) is 10.7 Å². The Balaban J connectivity index is 1.79. The predicted octanol–water partition coefficient (Wildman–Crippen LogP) is 1.63. The molecular weight excluding hydrogens is 380 g/mol. The summed E-state index contributed by atoms with van der Waals surface area (Å²) in [5, 5.41) is 25.1. The number of anilines is 1. The average Bonchev–Trinajstić information content (AvgIpc) is 3.22. The Morgan fingerprint density at radius 3 is 2.69 bits per heavy atom. The fourth-order valence-corrected chi connectivity index (χ4v) is 5.32. The van der Waals surface area contributed by atoms with Gasteiger partial charge in [0.25, 0.3) is 0 Å². The normalized spacial score (nSPS) is 16.2. The molecule has 1 aliphatic rings. The predicted molar refractivity (Wildman–Crippen MR) is 97.6 cm³/mol. The van der Waals surface area contributed by atoms with Gasteiger partial charge in [0.2, 0.25) is 0 Å². The van der Waals surface area contributed by atoms with Crippen LogP contribution in [0, 0.1) is 10.1 Å². The number of nitrogens with zero attached hydrogens (tertiary/aromatic N) is 4. The van der Waals surface area contributed by atoms with Crippen molar-refractivity contribution in [2.24, 2.45) is 0 Å². The Morgan fingerprint density at radius 1 is 1.42 bits per heavy atom. The van der Waals surface area contributed by atoms with Gasteiger partial charge in [-0.15, -0.1) is 0 Å². The topological polar surface area (TPSA) is 119 Å². The van der Waals surface area contributed by atoms with E-state index in [1.807, 2.05) is 11.0 Å². The van der Waals surface area contributed by atoms with Crippen molar-refractivity contribution in [3.8, 4) is 0 Å². The smallest absolute Gasteiger partial charge is 0.305 e. The van der Waals surface area contributed by atoms with Crippen molar-refractivity contribution < 1.29 is 18.4 Å². The van der Waals surface area contributed by atoms with Crippen molar-refractivity contribution in [2.75, 3.05) is 30.9 Å². The van der Waals surface area contributed by atoms with E-state index in [4.69, 9.17) is 5.11 Å². The molecule has 142 valence electrons. The number of aromatic nitrogens is 2. The minimum atomic E-state index is -3.48. The van der Waals surface area contributed by atoms with Crippen LogP contribution in [-0.4, -0.2) is 54.2 Å². The number of sulfone groups is 1. The van der Waals surface area contributed by atoms with Crippen LogP contribution in [0.5, 0.6) is 0 Å². The molecule has 1 fully saturated rings. The highest BCUT2D eigenvalue weighted by molar-refractivity contribution is 7.92. The largest absolute Gasteiger partial charge is 0.394 e. The highest BCUT2D eigenvalue weighted by Gasteiger charge is 2.31. The maximum absolute atomic E-state index is 11.7. The number of aliphatic hydroxyl groups excluding tert-OH is 1. The standard InChI is InChI=1S/C15H20N4O5S2/c1-26(23,24)14-10-13(19(21)22)15(25-14)17-6-3-11(4-7-17)12-2-5-16-18(12)8-9-20/h2,5,10-11,20H,3-4,6-9H2,1H3. The van der Waals surface area contributed by atoms with Crippen LogP contribution in [0.1, 0.15) is 24.5 Å². The van der Waals surface area contributed by atoms with Crippen molar-refractivity contribution in [3.63, 3.8) is 0 Å². The second-order valence-electron chi connectivity index (χ2n) is 6.25. The van der Waals surface area contributed by atoms with Crippen molar-refractivity contribution in [1.82, 2.24) is 9.78 Å². The van der Waals surface area contributed by atoms with Gasteiger partial charge in [-0.2, -0.15) is 5.10 Å². The SMILES string of the molecule is CS(=O)(=O)c1cc([N+](=O)[O-])c(N2CCC(c3ccnn3CCO)CC2)s1. The van der Waals surface area contributed by atoms with Gasteiger partial charge >= 0.3 is 5.69 Å². The number of hydrogen-bond acceptors (Lipinski definition) is 8. The molecule has 0 radical (unpaired) electrons. The lowest BCUT2D eigenvalue weighted by Gasteiger charge is -2.32. The van der Waals surface area contributed by atoms with Crippen LogP contribution in [-0.2, 0) is 16.4 Å². The molecule has 0 bridgehead atoms. The average molecular weight is 400 g/mol. The van der Waals surface area contributed by atoms with Crippen LogP contribution in [0.2, 0.25) is 0 Å². The van der Waals surface area contributed by atoms with E-state index in [1.165, 1.54) is 0 Å². The summed E-state index contributed by atoms with van der Waals surface area (Å²) in [6.45, 7) is 1.65. The lowest BCUT2D eigenvalue weighted by Crippen LogP contribution is -2.33. The van der Waals surface area contributed by atoms with Gasteiger partial charge in [0.05, 0.1) is 18.1 Å². The number of hydrogen-bond donors (Lipinski definition) is 1. The van der Waals surface area contributed by atoms with Gasteiger partial charge in [0.1, 0.15) is 4.21 Å². The van der Waals surface area contributed by atoms with Gasteiger partial charge in [-0.1, -0.05) is 11.3 Å². The molecular formula is C15H20N4O5S2. The van der Waals surface area contributed by atoms with E-state index in [0.717, 1.165) is 42.2 Å². The maximum atomic E-state index is 11.7. The molecule has 0 atom stereocenters. The number of thiophene rings is 1. The van der Waals surface area contributed by atoms with E-state index in [9.17, 15) is 18.5 Å². The van der Waals surface area contributed by atoms with Crippen LogP contribution in [0.3, 0.4) is 0 Å². The quantitative estimate of drug-likeness (QED) is 0.578. The minimum absolute atomic E-state index is 0.0161.